The van der Waals surface area contributed by atoms with E-state index in [2.05, 4.69) is 0 Å². The van der Waals surface area contributed by atoms with E-state index in [0.717, 1.165) is 22.3 Å². The molecule has 4 rings (SSSR count). The van der Waals surface area contributed by atoms with Gasteiger partial charge in [-0.05, 0) is 91.9 Å². The summed E-state index contributed by atoms with van der Waals surface area (Å²) in [5.74, 6) is 1.72. The molecule has 0 aliphatic heterocycles. The minimum Gasteiger partial charge on any atom is -0.481 e. The summed E-state index contributed by atoms with van der Waals surface area (Å²) >= 11 is 0. The third-order valence-corrected chi connectivity index (χ3v) is 5.63. The summed E-state index contributed by atoms with van der Waals surface area (Å²) in [5, 5.41) is 8.93. The van der Waals surface area contributed by atoms with Crippen molar-refractivity contribution in [1.82, 2.24) is 0 Å². The van der Waals surface area contributed by atoms with Gasteiger partial charge in [-0.15, -0.1) is 0 Å². The molecule has 0 aromatic heterocycles. The van der Waals surface area contributed by atoms with Gasteiger partial charge in [0.2, 0.25) is 0 Å². The number of benzene rings is 4. The van der Waals surface area contributed by atoms with Crippen molar-refractivity contribution in [3.63, 3.8) is 0 Å². The molecule has 5 nitrogen and oxygen atoms in total. The fourth-order valence-corrected chi connectivity index (χ4v) is 3.78. The van der Waals surface area contributed by atoms with Gasteiger partial charge in [-0.25, -0.2) is 4.39 Å². The Hall–Kier alpha value is -4.32. The van der Waals surface area contributed by atoms with Gasteiger partial charge in [0.1, 0.15) is 28.8 Å². The number of ether oxygens (including phenoxy) is 3. The smallest absolute Gasteiger partial charge is 0.303 e. The second-order valence-electron chi connectivity index (χ2n) is 8.63. The van der Waals surface area contributed by atoms with Crippen LogP contribution in [0.25, 0.3) is 0 Å². The molecule has 0 spiro atoms. The van der Waals surface area contributed by atoms with E-state index < -0.39 is 11.8 Å². The molecule has 36 heavy (non-hydrogen) atoms. The lowest BCUT2D eigenvalue weighted by molar-refractivity contribution is -0.136. The number of hydrogen-bond acceptors (Lipinski definition) is 4. The van der Waals surface area contributed by atoms with E-state index in [1.54, 1.807) is 6.07 Å². The normalized spacial score (nSPS) is 10.7. The monoisotopic (exact) mass is 486 g/mol. The first-order valence-corrected chi connectivity index (χ1v) is 11.6. The van der Waals surface area contributed by atoms with Crippen LogP contribution in [-0.4, -0.2) is 11.1 Å². The topological polar surface area (TPSA) is 65.0 Å². The van der Waals surface area contributed by atoms with Crippen molar-refractivity contribution < 1.29 is 28.5 Å². The minimum absolute atomic E-state index is 0.0819. The summed E-state index contributed by atoms with van der Waals surface area (Å²) in [6, 6.07) is 22.7. The van der Waals surface area contributed by atoms with Crippen LogP contribution in [0.2, 0.25) is 0 Å². The zero-order valence-corrected chi connectivity index (χ0v) is 20.4. The van der Waals surface area contributed by atoms with Gasteiger partial charge in [0.05, 0.1) is 0 Å². The largest absolute Gasteiger partial charge is 0.481 e. The Balaban J connectivity index is 1.55. The van der Waals surface area contributed by atoms with Crippen LogP contribution in [0.3, 0.4) is 0 Å². The molecule has 0 heterocycles. The van der Waals surface area contributed by atoms with Crippen molar-refractivity contribution in [2.75, 3.05) is 0 Å². The van der Waals surface area contributed by atoms with Crippen LogP contribution in [0, 0.1) is 26.6 Å². The Bertz CT molecular complexity index is 1400. The van der Waals surface area contributed by atoms with Gasteiger partial charge >= 0.3 is 5.97 Å². The molecular weight excluding hydrogens is 459 g/mol. The Morgan fingerprint density at radius 1 is 0.722 bits per heavy atom. The Labute approximate surface area is 209 Å². The average molecular weight is 487 g/mol. The van der Waals surface area contributed by atoms with E-state index in [4.69, 9.17) is 19.3 Å². The molecule has 0 atom stereocenters. The van der Waals surface area contributed by atoms with E-state index in [1.165, 1.54) is 18.2 Å². The Morgan fingerprint density at radius 2 is 1.47 bits per heavy atom. The number of aliphatic carboxylic acids is 1. The van der Waals surface area contributed by atoms with Crippen LogP contribution in [0.5, 0.6) is 34.5 Å². The van der Waals surface area contributed by atoms with Gasteiger partial charge in [0.25, 0.3) is 0 Å². The van der Waals surface area contributed by atoms with Crippen molar-refractivity contribution in [2.45, 2.75) is 33.6 Å². The summed E-state index contributed by atoms with van der Waals surface area (Å²) in [4.78, 5) is 10.9. The van der Waals surface area contributed by atoms with E-state index in [9.17, 15) is 9.18 Å². The molecule has 4 aromatic carbocycles. The molecule has 0 unspecified atom stereocenters. The van der Waals surface area contributed by atoms with Crippen molar-refractivity contribution in [3.8, 4) is 34.5 Å². The summed E-state index contributed by atoms with van der Waals surface area (Å²) in [5.41, 5.74) is 3.77. The van der Waals surface area contributed by atoms with Gasteiger partial charge in [-0.1, -0.05) is 24.3 Å². The predicted octanol–water partition coefficient (Wildman–Crippen LogP) is 8.15. The number of hydrogen-bond donors (Lipinski definition) is 1. The van der Waals surface area contributed by atoms with Gasteiger partial charge in [0, 0.05) is 18.6 Å². The number of aryl methyl sites for hydroxylation is 4. The van der Waals surface area contributed by atoms with Crippen LogP contribution < -0.4 is 14.2 Å². The van der Waals surface area contributed by atoms with Crippen LogP contribution in [0.15, 0.2) is 78.9 Å². The maximum atomic E-state index is 14.0. The lowest BCUT2D eigenvalue weighted by Crippen LogP contribution is -1.99. The highest BCUT2D eigenvalue weighted by molar-refractivity contribution is 5.67. The lowest BCUT2D eigenvalue weighted by Gasteiger charge is -2.15. The first kappa shape index (κ1) is 24.8. The van der Waals surface area contributed by atoms with Crippen LogP contribution in [-0.2, 0) is 11.2 Å². The summed E-state index contributed by atoms with van der Waals surface area (Å²) in [6.45, 7) is 5.77. The van der Waals surface area contributed by atoms with Crippen LogP contribution >= 0.6 is 0 Å². The second kappa shape index (κ2) is 11.0. The molecule has 6 heteroatoms. The van der Waals surface area contributed by atoms with Crippen LogP contribution in [0.4, 0.5) is 4.39 Å². The molecule has 0 aliphatic carbocycles. The molecule has 0 saturated heterocycles. The third-order valence-electron chi connectivity index (χ3n) is 5.63. The molecule has 0 fully saturated rings. The fraction of sp³-hybridized carbons (Fsp3) is 0.167. The highest BCUT2D eigenvalue weighted by Gasteiger charge is 2.13. The molecule has 0 amide bonds. The number of rotatable bonds is 9. The van der Waals surface area contributed by atoms with E-state index in [-0.39, 0.29) is 12.2 Å². The van der Waals surface area contributed by atoms with Gasteiger partial charge in [-0.3, -0.25) is 4.79 Å². The number of para-hydroxylation sites is 1. The molecule has 4 aromatic rings. The minimum atomic E-state index is -0.823. The van der Waals surface area contributed by atoms with E-state index >= 15 is 0 Å². The summed E-state index contributed by atoms with van der Waals surface area (Å²) in [6.07, 6.45) is 0.549. The quantitative estimate of drug-likeness (QED) is 0.259. The highest BCUT2D eigenvalue weighted by atomic mass is 19.1. The maximum Gasteiger partial charge on any atom is 0.303 e. The zero-order valence-electron chi connectivity index (χ0n) is 20.4. The Morgan fingerprint density at radius 3 is 2.19 bits per heavy atom. The molecule has 184 valence electrons. The predicted molar refractivity (Wildman–Crippen MR) is 136 cm³/mol. The first-order valence-electron chi connectivity index (χ1n) is 11.6. The average Bonchev–Trinajstić information content (AvgIpc) is 2.81. The van der Waals surface area contributed by atoms with Gasteiger partial charge in [0.15, 0.2) is 11.5 Å². The molecular formula is C30H27FO5. The highest BCUT2D eigenvalue weighted by Crippen LogP contribution is 2.38. The lowest BCUT2D eigenvalue weighted by atomic mass is 10.0. The number of carboxylic acid groups (broad SMARTS) is 1. The molecule has 0 aliphatic rings. The van der Waals surface area contributed by atoms with E-state index in [1.807, 2.05) is 75.4 Å². The van der Waals surface area contributed by atoms with Crippen molar-refractivity contribution >= 4 is 5.97 Å². The third kappa shape index (κ3) is 6.42. The first-order chi connectivity index (χ1) is 17.3. The maximum absolute atomic E-state index is 14.0. The molecule has 0 radical (unpaired) electrons. The zero-order chi connectivity index (χ0) is 25.7. The second-order valence-corrected chi connectivity index (χ2v) is 8.63. The fourth-order valence-electron chi connectivity index (χ4n) is 3.78. The SMILES string of the molecule is Cc1cc(Oc2ccc(CCC(=O)O)c(C)c2)cc(Oc2ccc(F)cc2Oc2ccccc2C)c1. The van der Waals surface area contributed by atoms with Crippen molar-refractivity contribution in [3.05, 3.63) is 107 Å². The van der Waals surface area contributed by atoms with Crippen molar-refractivity contribution in [2.24, 2.45) is 0 Å². The Kier molecular flexibility index (Phi) is 7.54. The van der Waals surface area contributed by atoms with Gasteiger partial charge in [-0.2, -0.15) is 0 Å². The summed E-state index contributed by atoms with van der Waals surface area (Å²) in [7, 11) is 0. The summed E-state index contributed by atoms with van der Waals surface area (Å²) < 4.78 is 32.2. The number of carbonyl (C=O) groups is 1. The van der Waals surface area contributed by atoms with Crippen molar-refractivity contribution in [1.29, 1.82) is 0 Å². The number of halogens is 1. The standard InChI is InChI=1S/C30H27FO5/c1-19-14-25(34-24-11-8-22(21(3)16-24)9-13-30(32)33)18-26(15-19)35-28-12-10-23(31)17-29(28)36-27-7-5-4-6-20(27)2/h4-8,10-12,14-18H,9,13H2,1-3H3,(H,32,33). The molecule has 0 bridgehead atoms. The molecule has 0 saturated carbocycles. The number of carboxylic acids is 1. The van der Waals surface area contributed by atoms with E-state index in [0.29, 0.717) is 35.2 Å². The van der Waals surface area contributed by atoms with Crippen LogP contribution in [0.1, 0.15) is 28.7 Å². The van der Waals surface area contributed by atoms with Gasteiger partial charge < -0.3 is 19.3 Å². The molecule has 1 N–H and O–H groups in total.